The van der Waals surface area contributed by atoms with Gasteiger partial charge >= 0.3 is 6.18 Å². The molecule has 0 unspecified atom stereocenters. The predicted molar refractivity (Wildman–Crippen MR) is 71.7 cm³/mol. The van der Waals surface area contributed by atoms with E-state index in [-0.39, 0.29) is 12.2 Å². The molecule has 3 nitrogen and oxygen atoms in total. The van der Waals surface area contributed by atoms with Crippen molar-refractivity contribution in [2.45, 2.75) is 12.6 Å². The molecule has 0 saturated heterocycles. The van der Waals surface area contributed by atoms with Crippen molar-refractivity contribution in [1.29, 1.82) is 5.26 Å². The van der Waals surface area contributed by atoms with E-state index >= 15 is 0 Å². The predicted octanol–water partition coefficient (Wildman–Crippen LogP) is 4.15. The normalized spacial score (nSPS) is 11.0. The van der Waals surface area contributed by atoms with Gasteiger partial charge in [0.2, 0.25) is 0 Å². The first-order chi connectivity index (χ1) is 9.90. The molecule has 0 aromatic heterocycles. The molecule has 0 spiro atoms. The number of nitrogens with zero attached hydrogens (tertiary/aromatic N) is 1. The standard InChI is InChI=1S/C15H11F3N2O/c16-15(17,18)11-2-1-3-12(9-11)21-13-4-5-14(20)10(8-13)6-7-19/h1-5,8-9H,6,20H2. The summed E-state index contributed by atoms with van der Waals surface area (Å²) in [7, 11) is 0. The van der Waals surface area contributed by atoms with E-state index in [4.69, 9.17) is 15.7 Å². The number of nitrogens with two attached hydrogens (primary N) is 1. The molecule has 0 saturated carbocycles. The zero-order valence-corrected chi connectivity index (χ0v) is 10.8. The van der Waals surface area contributed by atoms with Gasteiger partial charge in [-0.2, -0.15) is 18.4 Å². The SMILES string of the molecule is N#CCc1cc(Oc2cccc(C(F)(F)F)c2)ccc1N. The van der Waals surface area contributed by atoms with Gasteiger partial charge in [0.05, 0.1) is 18.1 Å². The van der Waals surface area contributed by atoms with E-state index in [9.17, 15) is 13.2 Å². The second-order valence-electron chi connectivity index (χ2n) is 4.32. The van der Waals surface area contributed by atoms with Crippen LogP contribution in [0.3, 0.4) is 0 Å². The number of rotatable bonds is 3. The lowest BCUT2D eigenvalue weighted by Crippen LogP contribution is -2.04. The van der Waals surface area contributed by atoms with E-state index < -0.39 is 11.7 Å². The first-order valence-electron chi connectivity index (χ1n) is 6.00. The summed E-state index contributed by atoms with van der Waals surface area (Å²) in [6, 6.07) is 11.2. The van der Waals surface area contributed by atoms with Crippen molar-refractivity contribution in [2.24, 2.45) is 0 Å². The van der Waals surface area contributed by atoms with Gasteiger partial charge in [-0.1, -0.05) is 6.07 Å². The lowest BCUT2D eigenvalue weighted by Gasteiger charge is -2.11. The van der Waals surface area contributed by atoms with Crippen molar-refractivity contribution in [3.8, 4) is 17.6 Å². The van der Waals surface area contributed by atoms with Gasteiger partial charge in [-0.15, -0.1) is 0 Å². The molecule has 0 aliphatic rings. The second kappa shape index (κ2) is 5.75. The molecule has 0 amide bonds. The van der Waals surface area contributed by atoms with Gasteiger partial charge in [0.25, 0.3) is 0 Å². The van der Waals surface area contributed by atoms with Crippen molar-refractivity contribution in [1.82, 2.24) is 0 Å². The Balaban J connectivity index is 2.27. The molecule has 0 heterocycles. The number of hydrogen-bond acceptors (Lipinski definition) is 3. The quantitative estimate of drug-likeness (QED) is 0.865. The minimum absolute atomic E-state index is 0.0671. The molecule has 21 heavy (non-hydrogen) atoms. The largest absolute Gasteiger partial charge is 0.457 e. The average molecular weight is 292 g/mol. The molecule has 2 N–H and O–H groups in total. The monoisotopic (exact) mass is 292 g/mol. The maximum atomic E-state index is 12.6. The Morgan fingerprint density at radius 3 is 2.48 bits per heavy atom. The topological polar surface area (TPSA) is 59.0 Å². The van der Waals surface area contributed by atoms with Crippen LogP contribution in [0.5, 0.6) is 11.5 Å². The lowest BCUT2D eigenvalue weighted by molar-refractivity contribution is -0.137. The number of nitrogen functional groups attached to an aromatic ring is 1. The Labute approximate surface area is 119 Å². The summed E-state index contributed by atoms with van der Waals surface area (Å²) in [5.74, 6) is 0.395. The molecular weight excluding hydrogens is 281 g/mol. The van der Waals surface area contributed by atoms with Crippen molar-refractivity contribution in [3.05, 3.63) is 53.6 Å². The lowest BCUT2D eigenvalue weighted by atomic mass is 10.1. The van der Waals surface area contributed by atoms with Crippen LogP contribution in [-0.4, -0.2) is 0 Å². The molecule has 0 bridgehead atoms. The Bertz CT molecular complexity index is 690. The molecular formula is C15H11F3N2O. The first kappa shape index (κ1) is 14.7. The molecule has 108 valence electrons. The van der Waals surface area contributed by atoms with Crippen molar-refractivity contribution >= 4 is 5.69 Å². The first-order valence-corrected chi connectivity index (χ1v) is 6.00. The average Bonchev–Trinajstić information content (AvgIpc) is 2.42. The van der Waals surface area contributed by atoms with Crippen LogP contribution in [0.25, 0.3) is 0 Å². The van der Waals surface area contributed by atoms with Crippen LogP contribution < -0.4 is 10.5 Å². The zero-order chi connectivity index (χ0) is 15.5. The van der Waals surface area contributed by atoms with E-state index in [1.165, 1.54) is 18.2 Å². The van der Waals surface area contributed by atoms with E-state index in [0.29, 0.717) is 17.0 Å². The van der Waals surface area contributed by atoms with Crippen molar-refractivity contribution in [2.75, 3.05) is 5.73 Å². The number of hydrogen-bond donors (Lipinski definition) is 1. The maximum absolute atomic E-state index is 12.6. The van der Waals surface area contributed by atoms with Crippen LogP contribution in [0, 0.1) is 11.3 Å². The fraction of sp³-hybridized carbons (Fsp3) is 0.133. The third-order valence-corrected chi connectivity index (χ3v) is 2.78. The molecule has 6 heteroatoms. The zero-order valence-electron chi connectivity index (χ0n) is 10.8. The van der Waals surface area contributed by atoms with Crippen LogP contribution in [-0.2, 0) is 12.6 Å². The number of benzene rings is 2. The van der Waals surface area contributed by atoms with E-state index in [1.54, 1.807) is 12.1 Å². The molecule has 0 aliphatic carbocycles. The minimum Gasteiger partial charge on any atom is -0.457 e. The molecule has 0 aliphatic heterocycles. The van der Waals surface area contributed by atoms with Gasteiger partial charge in [-0.05, 0) is 42.0 Å². The van der Waals surface area contributed by atoms with Gasteiger partial charge in [0, 0.05) is 5.69 Å². The van der Waals surface area contributed by atoms with Crippen molar-refractivity contribution < 1.29 is 17.9 Å². The Kier molecular flexibility index (Phi) is 4.03. The summed E-state index contributed by atoms with van der Waals surface area (Å²) in [6.45, 7) is 0. The van der Waals surface area contributed by atoms with Crippen LogP contribution >= 0.6 is 0 Å². The van der Waals surface area contributed by atoms with Crippen LogP contribution in [0.2, 0.25) is 0 Å². The highest BCUT2D eigenvalue weighted by atomic mass is 19.4. The number of halogens is 3. The Hall–Kier alpha value is -2.68. The van der Waals surface area contributed by atoms with Crippen LogP contribution in [0.15, 0.2) is 42.5 Å². The van der Waals surface area contributed by atoms with E-state index in [0.717, 1.165) is 12.1 Å². The fourth-order valence-electron chi connectivity index (χ4n) is 1.76. The minimum atomic E-state index is -4.42. The molecule has 2 rings (SSSR count). The molecule has 2 aromatic rings. The Morgan fingerprint density at radius 1 is 1.10 bits per heavy atom. The number of nitriles is 1. The summed E-state index contributed by atoms with van der Waals surface area (Å²) in [5.41, 5.74) is 5.92. The highest BCUT2D eigenvalue weighted by molar-refractivity contribution is 5.52. The van der Waals surface area contributed by atoms with Crippen molar-refractivity contribution in [3.63, 3.8) is 0 Å². The second-order valence-corrected chi connectivity index (χ2v) is 4.32. The summed E-state index contributed by atoms with van der Waals surface area (Å²) < 4.78 is 43.2. The van der Waals surface area contributed by atoms with Crippen LogP contribution in [0.1, 0.15) is 11.1 Å². The molecule has 0 fully saturated rings. The molecule has 0 atom stereocenters. The van der Waals surface area contributed by atoms with Crippen LogP contribution in [0.4, 0.5) is 18.9 Å². The number of anilines is 1. The Morgan fingerprint density at radius 2 is 1.81 bits per heavy atom. The number of alkyl halides is 3. The van der Waals surface area contributed by atoms with E-state index in [1.807, 2.05) is 6.07 Å². The summed E-state index contributed by atoms with van der Waals surface area (Å²) >= 11 is 0. The highest BCUT2D eigenvalue weighted by Crippen LogP contribution is 2.33. The summed E-state index contributed by atoms with van der Waals surface area (Å²) in [4.78, 5) is 0. The van der Waals surface area contributed by atoms with Gasteiger partial charge in [0.15, 0.2) is 0 Å². The summed E-state index contributed by atoms with van der Waals surface area (Å²) in [6.07, 6.45) is -4.32. The van der Waals surface area contributed by atoms with Gasteiger partial charge in [0.1, 0.15) is 11.5 Å². The van der Waals surface area contributed by atoms with Gasteiger partial charge in [-0.3, -0.25) is 0 Å². The molecule has 2 aromatic carbocycles. The fourth-order valence-corrected chi connectivity index (χ4v) is 1.76. The highest BCUT2D eigenvalue weighted by Gasteiger charge is 2.30. The van der Waals surface area contributed by atoms with Gasteiger partial charge in [-0.25, -0.2) is 0 Å². The third-order valence-electron chi connectivity index (χ3n) is 2.78. The van der Waals surface area contributed by atoms with E-state index in [2.05, 4.69) is 0 Å². The smallest absolute Gasteiger partial charge is 0.416 e. The third kappa shape index (κ3) is 3.66. The van der Waals surface area contributed by atoms with Gasteiger partial charge < -0.3 is 10.5 Å². The number of ether oxygens (including phenoxy) is 1. The summed E-state index contributed by atoms with van der Waals surface area (Å²) in [5, 5.41) is 8.68. The molecule has 0 radical (unpaired) electrons. The maximum Gasteiger partial charge on any atom is 0.416 e.